The van der Waals surface area contributed by atoms with Crippen molar-refractivity contribution in [3.63, 3.8) is 0 Å². The summed E-state index contributed by atoms with van der Waals surface area (Å²) in [5, 5.41) is 14.7. The Bertz CT molecular complexity index is 1450. The zero-order valence-electron chi connectivity index (χ0n) is 19.4. The van der Waals surface area contributed by atoms with E-state index in [-0.39, 0.29) is 32.6 Å². The van der Waals surface area contributed by atoms with Crippen molar-refractivity contribution < 1.29 is 32.0 Å². The number of amides is 1. The fraction of sp³-hybridized carbons (Fsp3) is 0.130. The number of hydrogen-bond donors (Lipinski definition) is 1. The van der Waals surface area contributed by atoms with E-state index in [0.717, 1.165) is 28.7 Å². The van der Waals surface area contributed by atoms with Crippen molar-refractivity contribution in [2.75, 3.05) is 25.1 Å². The van der Waals surface area contributed by atoms with E-state index < -0.39 is 33.2 Å². The summed E-state index contributed by atoms with van der Waals surface area (Å²) in [6.07, 6.45) is 1.13. The normalized spacial score (nSPS) is 11.2. The van der Waals surface area contributed by atoms with Crippen molar-refractivity contribution >= 4 is 45.1 Å². The first kappa shape index (κ1) is 27.4. The summed E-state index contributed by atoms with van der Waals surface area (Å²) in [5.74, 6) is -0.996. The van der Waals surface area contributed by atoms with E-state index in [1.54, 1.807) is 0 Å². The Morgan fingerprint density at radius 3 is 2.41 bits per heavy atom. The van der Waals surface area contributed by atoms with Gasteiger partial charge in [-0.2, -0.15) is 5.10 Å². The number of rotatable bonds is 10. The number of carbonyl (C=O) groups is 1. The number of nitrogens with zero attached hydrogens (tertiary/aromatic N) is 3. The molecule has 0 saturated carbocycles. The minimum absolute atomic E-state index is 0.0173. The largest absolute Gasteiger partial charge is 0.493 e. The van der Waals surface area contributed by atoms with Crippen LogP contribution in [0.3, 0.4) is 0 Å². The Kier molecular flexibility index (Phi) is 8.63. The molecule has 0 aliphatic carbocycles. The Morgan fingerprint density at radius 2 is 1.78 bits per heavy atom. The van der Waals surface area contributed by atoms with Crippen LogP contribution < -0.4 is 19.2 Å². The van der Waals surface area contributed by atoms with E-state index in [1.807, 2.05) is 0 Å². The SMILES string of the molecule is COc1ccc(S(=O)(=O)N(CC(=O)N/N=C\c2ccc(Cl)c([N+](=O)[O-])c2)c2ccc(F)cc2)cc1OC. The molecule has 0 spiro atoms. The number of sulfonamides is 1. The van der Waals surface area contributed by atoms with E-state index in [9.17, 15) is 27.7 Å². The van der Waals surface area contributed by atoms with Gasteiger partial charge in [-0.15, -0.1) is 0 Å². The molecule has 11 nitrogen and oxygen atoms in total. The van der Waals surface area contributed by atoms with Crippen LogP contribution in [0, 0.1) is 15.9 Å². The Morgan fingerprint density at radius 1 is 1.11 bits per heavy atom. The van der Waals surface area contributed by atoms with Gasteiger partial charge in [-0.05, 0) is 42.5 Å². The number of hydrazone groups is 1. The first-order valence-corrected chi connectivity index (χ1v) is 12.1. The first-order chi connectivity index (χ1) is 17.6. The third-order valence-corrected chi connectivity index (χ3v) is 7.00. The maximum Gasteiger partial charge on any atom is 0.288 e. The molecule has 0 bridgehead atoms. The van der Waals surface area contributed by atoms with Crippen molar-refractivity contribution in [1.29, 1.82) is 0 Å². The maximum atomic E-state index is 13.5. The summed E-state index contributed by atoms with van der Waals surface area (Å²) in [7, 11) is -1.61. The molecule has 14 heteroatoms. The fourth-order valence-electron chi connectivity index (χ4n) is 3.12. The standard InChI is InChI=1S/C23H20ClFN4O7S/c1-35-21-10-8-18(12-22(21)36-2)37(33,34)28(17-6-4-16(25)5-7-17)14-23(30)27-26-13-15-3-9-19(24)20(11-15)29(31)32/h3-13H,14H2,1-2H3,(H,27,30)/b26-13-. The predicted octanol–water partition coefficient (Wildman–Crippen LogP) is 3.75. The highest BCUT2D eigenvalue weighted by atomic mass is 35.5. The summed E-state index contributed by atoms with van der Waals surface area (Å²) < 4.78 is 51.6. The fourth-order valence-corrected chi connectivity index (χ4v) is 4.74. The number of carbonyl (C=O) groups excluding carboxylic acids is 1. The van der Waals surface area contributed by atoms with Gasteiger partial charge in [0, 0.05) is 17.7 Å². The molecule has 1 N–H and O–H groups in total. The van der Waals surface area contributed by atoms with Gasteiger partial charge in [-0.3, -0.25) is 19.2 Å². The molecule has 1 amide bonds. The van der Waals surface area contributed by atoms with Gasteiger partial charge in [-0.1, -0.05) is 17.7 Å². The number of halogens is 2. The molecule has 3 aromatic rings. The number of nitro benzene ring substituents is 1. The summed E-state index contributed by atoms with van der Waals surface area (Å²) in [6.45, 7) is -0.722. The smallest absolute Gasteiger partial charge is 0.288 e. The molecule has 0 fully saturated rings. The lowest BCUT2D eigenvalue weighted by Crippen LogP contribution is -2.39. The van der Waals surface area contributed by atoms with E-state index in [1.165, 1.54) is 56.7 Å². The van der Waals surface area contributed by atoms with Crippen LogP contribution in [-0.4, -0.2) is 46.2 Å². The Balaban J connectivity index is 1.88. The van der Waals surface area contributed by atoms with Crippen LogP contribution in [-0.2, 0) is 14.8 Å². The number of nitrogens with one attached hydrogen (secondary N) is 1. The van der Waals surface area contributed by atoms with Gasteiger partial charge < -0.3 is 9.47 Å². The number of nitro groups is 1. The molecule has 3 aromatic carbocycles. The van der Waals surface area contributed by atoms with Crippen LogP contribution in [0.5, 0.6) is 11.5 Å². The second-order valence-corrected chi connectivity index (χ2v) is 9.54. The molecule has 0 saturated heterocycles. The zero-order valence-corrected chi connectivity index (χ0v) is 21.0. The predicted molar refractivity (Wildman–Crippen MR) is 134 cm³/mol. The molecule has 0 aliphatic rings. The van der Waals surface area contributed by atoms with Gasteiger partial charge in [0.2, 0.25) is 0 Å². The highest BCUT2D eigenvalue weighted by Crippen LogP contribution is 2.32. The molecule has 194 valence electrons. The van der Waals surface area contributed by atoms with E-state index >= 15 is 0 Å². The summed E-state index contributed by atoms with van der Waals surface area (Å²) >= 11 is 5.77. The summed E-state index contributed by atoms with van der Waals surface area (Å²) in [6, 6.07) is 12.3. The van der Waals surface area contributed by atoms with Gasteiger partial charge in [0.25, 0.3) is 21.6 Å². The number of anilines is 1. The van der Waals surface area contributed by atoms with Gasteiger partial charge in [0.15, 0.2) is 11.5 Å². The Labute approximate surface area is 216 Å². The monoisotopic (exact) mass is 550 g/mol. The summed E-state index contributed by atoms with van der Waals surface area (Å²) in [4.78, 5) is 22.8. The van der Waals surface area contributed by atoms with Crippen LogP contribution in [0.25, 0.3) is 0 Å². The minimum atomic E-state index is -4.34. The zero-order chi connectivity index (χ0) is 27.2. The first-order valence-electron chi connectivity index (χ1n) is 10.3. The molecular weight excluding hydrogens is 531 g/mol. The molecule has 0 heterocycles. The number of ether oxygens (including phenoxy) is 2. The second-order valence-electron chi connectivity index (χ2n) is 7.27. The summed E-state index contributed by atoms with van der Waals surface area (Å²) in [5.41, 5.74) is 2.11. The van der Waals surface area contributed by atoms with Crippen LogP contribution in [0.1, 0.15) is 5.56 Å². The highest BCUT2D eigenvalue weighted by Gasteiger charge is 2.28. The average Bonchev–Trinajstić information content (AvgIpc) is 2.88. The van der Waals surface area contributed by atoms with Gasteiger partial charge >= 0.3 is 0 Å². The molecule has 0 aliphatic heterocycles. The maximum absolute atomic E-state index is 13.5. The molecule has 0 aromatic heterocycles. The van der Waals surface area contributed by atoms with Crippen LogP contribution >= 0.6 is 11.6 Å². The van der Waals surface area contributed by atoms with E-state index in [2.05, 4.69) is 10.5 Å². The molecular formula is C23H20ClFN4O7S. The van der Waals surface area contributed by atoms with Crippen molar-refractivity contribution in [3.8, 4) is 11.5 Å². The molecule has 0 radical (unpaired) electrons. The van der Waals surface area contributed by atoms with Crippen molar-refractivity contribution in [1.82, 2.24) is 5.43 Å². The van der Waals surface area contributed by atoms with Gasteiger partial charge in [0.1, 0.15) is 17.4 Å². The van der Waals surface area contributed by atoms with Crippen LogP contribution in [0.2, 0.25) is 5.02 Å². The number of benzene rings is 3. The lowest BCUT2D eigenvalue weighted by atomic mass is 10.2. The van der Waals surface area contributed by atoms with Crippen molar-refractivity contribution in [2.24, 2.45) is 5.10 Å². The average molecular weight is 551 g/mol. The molecule has 37 heavy (non-hydrogen) atoms. The topological polar surface area (TPSA) is 140 Å². The lowest BCUT2D eigenvalue weighted by molar-refractivity contribution is -0.384. The molecule has 0 unspecified atom stereocenters. The quantitative estimate of drug-likeness (QED) is 0.230. The highest BCUT2D eigenvalue weighted by molar-refractivity contribution is 7.92. The van der Waals surface area contributed by atoms with E-state index in [4.69, 9.17) is 21.1 Å². The third-order valence-electron chi connectivity index (χ3n) is 4.91. The minimum Gasteiger partial charge on any atom is -0.493 e. The van der Waals surface area contributed by atoms with Crippen LogP contribution in [0.4, 0.5) is 15.8 Å². The second kappa shape index (κ2) is 11.7. The number of methoxy groups -OCH3 is 2. The van der Waals surface area contributed by atoms with Crippen molar-refractivity contribution in [3.05, 3.63) is 87.2 Å². The van der Waals surface area contributed by atoms with Gasteiger partial charge in [0.05, 0.1) is 35.9 Å². The van der Waals surface area contributed by atoms with Crippen molar-refractivity contribution in [2.45, 2.75) is 4.90 Å². The molecule has 3 rings (SSSR count). The van der Waals surface area contributed by atoms with Gasteiger partial charge in [-0.25, -0.2) is 18.2 Å². The number of hydrogen-bond acceptors (Lipinski definition) is 8. The third kappa shape index (κ3) is 6.51. The lowest BCUT2D eigenvalue weighted by Gasteiger charge is -2.24. The molecule has 0 atom stereocenters. The Hall–Kier alpha value is -4.23. The van der Waals surface area contributed by atoms with E-state index in [0.29, 0.717) is 5.75 Å². The van der Waals surface area contributed by atoms with Crippen LogP contribution in [0.15, 0.2) is 70.7 Å².